The van der Waals surface area contributed by atoms with Gasteiger partial charge in [-0.05, 0) is 26.0 Å². The molecule has 0 aliphatic rings. The molecule has 0 N–H and O–H groups in total. The highest BCUT2D eigenvalue weighted by Gasteiger charge is 2.08. The minimum absolute atomic E-state index is 0.0718. The molecule has 0 unspecified atom stereocenters. The maximum absolute atomic E-state index is 11.2. The first kappa shape index (κ1) is 8.71. The molecule has 0 saturated carbocycles. The molecule has 0 aromatic carbocycles. The highest BCUT2D eigenvalue weighted by molar-refractivity contribution is 6.02. The Balaban J connectivity index is 3.12. The van der Waals surface area contributed by atoms with E-state index < -0.39 is 0 Å². The van der Waals surface area contributed by atoms with Crippen LogP contribution >= 0.6 is 0 Å². The van der Waals surface area contributed by atoms with Gasteiger partial charge in [0.15, 0.2) is 0 Å². The summed E-state index contributed by atoms with van der Waals surface area (Å²) in [6, 6.07) is 1.77. The molecule has 1 aromatic heterocycles. The summed E-state index contributed by atoms with van der Waals surface area (Å²) in [6.07, 6.45) is 1.31. The van der Waals surface area contributed by atoms with Crippen molar-refractivity contribution in [1.29, 1.82) is 0 Å². The number of carbonyl (C=O) groups is 1. The lowest BCUT2D eigenvalue weighted by Gasteiger charge is -1.98. The lowest BCUT2D eigenvalue weighted by Crippen LogP contribution is -2.06. The molecule has 0 aliphatic carbocycles. The third-order valence-electron chi connectivity index (χ3n) is 1.64. The quantitative estimate of drug-likeness (QED) is 0.502. The fraction of sp³-hybridized carbons (Fsp3) is 0.333. The number of aromatic nitrogens is 2. The molecule has 3 nitrogen and oxygen atoms in total. The first-order chi connectivity index (χ1) is 5.69. The van der Waals surface area contributed by atoms with E-state index in [9.17, 15) is 4.79 Å². The molecule has 1 rings (SSSR count). The summed E-state index contributed by atoms with van der Waals surface area (Å²) >= 11 is 0. The van der Waals surface area contributed by atoms with Crippen LogP contribution < -0.4 is 0 Å². The number of rotatable bonds is 3. The van der Waals surface area contributed by atoms with E-state index in [4.69, 9.17) is 0 Å². The topological polar surface area (TPSA) is 34.9 Å². The number of carbonyl (C=O) groups excluding carboxylic acids is 1. The monoisotopic (exact) mass is 164 g/mol. The molecule has 64 valence electrons. The average molecular weight is 164 g/mol. The zero-order chi connectivity index (χ0) is 9.14. The van der Waals surface area contributed by atoms with E-state index in [1.165, 1.54) is 6.08 Å². The van der Waals surface area contributed by atoms with Crippen molar-refractivity contribution in [3.8, 4) is 0 Å². The van der Waals surface area contributed by atoms with E-state index in [1.54, 1.807) is 10.7 Å². The van der Waals surface area contributed by atoms with Gasteiger partial charge in [-0.3, -0.25) is 9.48 Å². The van der Waals surface area contributed by atoms with Gasteiger partial charge in [-0.15, -0.1) is 0 Å². The summed E-state index contributed by atoms with van der Waals surface area (Å²) in [5.41, 5.74) is 1.48. The lowest BCUT2D eigenvalue weighted by molar-refractivity contribution is 0.103. The van der Waals surface area contributed by atoms with E-state index in [0.717, 1.165) is 5.69 Å². The Morgan fingerprint density at radius 1 is 1.83 bits per heavy atom. The number of hydrogen-bond acceptors (Lipinski definition) is 2. The van der Waals surface area contributed by atoms with Crippen LogP contribution in [0.2, 0.25) is 0 Å². The van der Waals surface area contributed by atoms with Gasteiger partial charge < -0.3 is 0 Å². The standard InChI is InChI=1S/C9H12N2O/c1-4-9(12)8-6-7(3)10-11(8)5-2/h4,6H,1,5H2,2-3H3. The van der Waals surface area contributed by atoms with Crippen molar-refractivity contribution in [2.75, 3.05) is 0 Å². The van der Waals surface area contributed by atoms with E-state index in [2.05, 4.69) is 11.7 Å². The van der Waals surface area contributed by atoms with Crippen LogP contribution in [-0.4, -0.2) is 15.6 Å². The van der Waals surface area contributed by atoms with Gasteiger partial charge in [-0.25, -0.2) is 0 Å². The number of ketones is 1. The Bertz CT molecular complexity index is 312. The second kappa shape index (κ2) is 3.34. The summed E-state index contributed by atoms with van der Waals surface area (Å²) in [7, 11) is 0. The predicted octanol–water partition coefficient (Wildman–Crippen LogP) is 1.58. The lowest BCUT2D eigenvalue weighted by atomic mass is 10.2. The average Bonchev–Trinajstić information content (AvgIpc) is 2.45. The summed E-state index contributed by atoms with van der Waals surface area (Å²) in [5, 5.41) is 4.15. The van der Waals surface area contributed by atoms with Gasteiger partial charge in [0.2, 0.25) is 5.78 Å². The van der Waals surface area contributed by atoms with Gasteiger partial charge >= 0.3 is 0 Å². The normalized spacial score (nSPS) is 9.83. The Labute approximate surface area is 71.7 Å². The number of aryl methyl sites for hydroxylation is 2. The van der Waals surface area contributed by atoms with Gasteiger partial charge in [0.05, 0.1) is 5.69 Å². The van der Waals surface area contributed by atoms with Gasteiger partial charge in [0.25, 0.3) is 0 Å². The molecule has 12 heavy (non-hydrogen) atoms. The van der Waals surface area contributed by atoms with Crippen LogP contribution in [0.15, 0.2) is 18.7 Å². The van der Waals surface area contributed by atoms with Crippen LogP contribution in [-0.2, 0) is 6.54 Å². The number of hydrogen-bond donors (Lipinski definition) is 0. The highest BCUT2D eigenvalue weighted by Crippen LogP contribution is 2.04. The fourth-order valence-corrected chi connectivity index (χ4v) is 1.09. The largest absolute Gasteiger partial charge is 0.288 e. The van der Waals surface area contributed by atoms with E-state index >= 15 is 0 Å². The molecular formula is C9H12N2O. The van der Waals surface area contributed by atoms with Gasteiger partial charge in [-0.1, -0.05) is 6.58 Å². The predicted molar refractivity (Wildman–Crippen MR) is 47.2 cm³/mol. The molecule has 0 amide bonds. The van der Waals surface area contributed by atoms with E-state index in [0.29, 0.717) is 12.2 Å². The van der Waals surface area contributed by atoms with Crippen molar-refractivity contribution in [1.82, 2.24) is 9.78 Å². The Morgan fingerprint density at radius 3 is 3.00 bits per heavy atom. The molecule has 0 atom stereocenters. The summed E-state index contributed by atoms with van der Waals surface area (Å²) in [5.74, 6) is -0.0718. The minimum atomic E-state index is -0.0718. The fourth-order valence-electron chi connectivity index (χ4n) is 1.09. The van der Waals surface area contributed by atoms with Crippen LogP contribution in [0.4, 0.5) is 0 Å². The molecule has 0 radical (unpaired) electrons. The van der Waals surface area contributed by atoms with Crippen molar-refractivity contribution in [3.63, 3.8) is 0 Å². The molecule has 0 fully saturated rings. The number of allylic oxidation sites excluding steroid dienone is 1. The maximum Gasteiger partial charge on any atom is 0.203 e. The van der Waals surface area contributed by atoms with Crippen LogP contribution in [0.5, 0.6) is 0 Å². The maximum atomic E-state index is 11.2. The SMILES string of the molecule is C=CC(=O)c1cc(C)nn1CC. The Kier molecular flexibility index (Phi) is 2.43. The van der Waals surface area contributed by atoms with Crippen molar-refractivity contribution in [3.05, 3.63) is 30.1 Å². The van der Waals surface area contributed by atoms with Crippen molar-refractivity contribution in [2.45, 2.75) is 20.4 Å². The van der Waals surface area contributed by atoms with Crippen LogP contribution in [0.3, 0.4) is 0 Å². The second-order valence-electron chi connectivity index (χ2n) is 2.56. The third-order valence-corrected chi connectivity index (χ3v) is 1.64. The second-order valence-corrected chi connectivity index (χ2v) is 2.56. The van der Waals surface area contributed by atoms with Crippen LogP contribution in [0.1, 0.15) is 23.1 Å². The zero-order valence-corrected chi connectivity index (χ0v) is 7.37. The van der Waals surface area contributed by atoms with E-state index in [1.807, 2.05) is 13.8 Å². The first-order valence-corrected chi connectivity index (χ1v) is 3.90. The molecule has 1 heterocycles. The zero-order valence-electron chi connectivity index (χ0n) is 7.37. The summed E-state index contributed by atoms with van der Waals surface area (Å²) < 4.78 is 1.68. The third kappa shape index (κ3) is 1.44. The van der Waals surface area contributed by atoms with Crippen molar-refractivity contribution < 1.29 is 4.79 Å². The van der Waals surface area contributed by atoms with Crippen molar-refractivity contribution in [2.24, 2.45) is 0 Å². The summed E-state index contributed by atoms with van der Waals surface area (Å²) in [6.45, 7) is 7.96. The highest BCUT2D eigenvalue weighted by atomic mass is 16.1. The molecule has 3 heteroatoms. The Morgan fingerprint density at radius 2 is 2.50 bits per heavy atom. The number of nitrogens with zero attached hydrogens (tertiary/aromatic N) is 2. The molecule has 0 spiro atoms. The van der Waals surface area contributed by atoms with Crippen molar-refractivity contribution >= 4 is 5.78 Å². The molecule has 0 bridgehead atoms. The summed E-state index contributed by atoms with van der Waals surface area (Å²) in [4.78, 5) is 11.2. The van der Waals surface area contributed by atoms with Crippen LogP contribution in [0, 0.1) is 6.92 Å². The van der Waals surface area contributed by atoms with E-state index in [-0.39, 0.29) is 5.78 Å². The smallest absolute Gasteiger partial charge is 0.203 e. The van der Waals surface area contributed by atoms with Gasteiger partial charge in [0.1, 0.15) is 5.69 Å². The molecule has 0 aliphatic heterocycles. The van der Waals surface area contributed by atoms with Crippen LogP contribution in [0.25, 0.3) is 0 Å². The molecule has 1 aromatic rings. The minimum Gasteiger partial charge on any atom is -0.288 e. The molecular weight excluding hydrogens is 152 g/mol. The Hall–Kier alpha value is -1.38. The molecule has 0 saturated heterocycles. The first-order valence-electron chi connectivity index (χ1n) is 3.90. The van der Waals surface area contributed by atoms with Gasteiger partial charge in [-0.2, -0.15) is 5.10 Å². The van der Waals surface area contributed by atoms with Gasteiger partial charge in [0, 0.05) is 6.54 Å².